The van der Waals surface area contributed by atoms with Gasteiger partial charge < -0.3 is 15.5 Å². The van der Waals surface area contributed by atoms with Gasteiger partial charge >= 0.3 is 0 Å². The zero-order valence-corrected chi connectivity index (χ0v) is 20.7. The van der Waals surface area contributed by atoms with Gasteiger partial charge in [0.1, 0.15) is 12.4 Å². The number of nitrogens with one attached hydrogen (secondary N) is 2. The number of aryl methyl sites for hydroxylation is 2. The van der Waals surface area contributed by atoms with Gasteiger partial charge in [0.15, 0.2) is 0 Å². The van der Waals surface area contributed by atoms with Crippen LogP contribution in [0.2, 0.25) is 0 Å². The third-order valence-corrected chi connectivity index (χ3v) is 5.68. The van der Waals surface area contributed by atoms with E-state index in [1.807, 2.05) is 37.3 Å². The Morgan fingerprint density at radius 3 is 2.25 bits per heavy atom. The zero-order valence-electron chi connectivity index (χ0n) is 20.7. The molecule has 7 heteroatoms. The van der Waals surface area contributed by atoms with Gasteiger partial charge in [0.2, 0.25) is 11.8 Å². The minimum Gasteiger partial charge on any atom is -0.345 e. The first kappa shape index (κ1) is 26.6. The van der Waals surface area contributed by atoms with Gasteiger partial charge in [0.25, 0.3) is 5.91 Å². The molecule has 0 radical (unpaired) electrons. The molecule has 0 aromatic heterocycles. The molecule has 3 aromatic rings. The monoisotopic (exact) mass is 489 g/mol. The molecule has 0 atom stereocenters. The van der Waals surface area contributed by atoms with Crippen LogP contribution in [0.5, 0.6) is 0 Å². The quantitative estimate of drug-likeness (QED) is 0.403. The molecule has 36 heavy (non-hydrogen) atoms. The number of hydrogen-bond acceptors (Lipinski definition) is 3. The van der Waals surface area contributed by atoms with Crippen molar-refractivity contribution in [3.05, 3.63) is 101 Å². The molecule has 0 saturated carbocycles. The molecule has 188 valence electrons. The lowest BCUT2D eigenvalue weighted by Crippen LogP contribution is -2.42. The third-order valence-electron chi connectivity index (χ3n) is 5.68. The molecule has 0 bridgehead atoms. The lowest BCUT2D eigenvalue weighted by atomic mass is 10.1. The van der Waals surface area contributed by atoms with E-state index in [4.69, 9.17) is 0 Å². The van der Waals surface area contributed by atoms with Crippen LogP contribution >= 0.6 is 0 Å². The summed E-state index contributed by atoms with van der Waals surface area (Å²) in [4.78, 5) is 39.6. The Bertz CT molecular complexity index is 1180. The summed E-state index contributed by atoms with van der Waals surface area (Å²) in [6.45, 7) is 3.70. The third kappa shape index (κ3) is 8.34. The fourth-order valence-electron chi connectivity index (χ4n) is 3.72. The van der Waals surface area contributed by atoms with E-state index in [1.165, 1.54) is 17.0 Å². The number of nitrogens with zero attached hydrogens (tertiary/aromatic N) is 1. The number of halogens is 1. The highest BCUT2D eigenvalue weighted by Crippen LogP contribution is 2.14. The second-order valence-electron chi connectivity index (χ2n) is 8.78. The first-order valence-electron chi connectivity index (χ1n) is 12.1. The number of benzene rings is 3. The fraction of sp³-hybridized carbons (Fsp3) is 0.276. The Kier molecular flexibility index (Phi) is 9.74. The number of unbranched alkanes of at least 4 members (excludes halogenated alkanes) is 1. The minimum atomic E-state index is -0.468. The maximum absolute atomic E-state index is 13.4. The largest absolute Gasteiger partial charge is 0.345 e. The van der Waals surface area contributed by atoms with E-state index in [0.717, 1.165) is 30.4 Å². The molecule has 0 heterocycles. The van der Waals surface area contributed by atoms with Gasteiger partial charge in [-0.15, -0.1) is 0 Å². The summed E-state index contributed by atoms with van der Waals surface area (Å²) in [6.07, 6.45) is 3.10. The molecule has 0 unspecified atom stereocenters. The van der Waals surface area contributed by atoms with Gasteiger partial charge in [-0.25, -0.2) is 4.39 Å². The van der Waals surface area contributed by atoms with Gasteiger partial charge in [-0.1, -0.05) is 49.7 Å². The average molecular weight is 490 g/mol. The molecular weight excluding hydrogens is 457 g/mol. The summed E-state index contributed by atoms with van der Waals surface area (Å²) < 4.78 is 13.4. The standard InChI is InChI=1S/C29H32FN3O3/c1-3-4-7-22-9-13-24(14-10-22)29(36)33(19-23-11-15-25(30)16-12-23)20-28(35)31-18-27(34)32-26-8-5-6-21(2)17-26/h5-6,8-17H,3-4,7,18-20H2,1-2H3,(H,31,35)(H,32,34). The first-order valence-corrected chi connectivity index (χ1v) is 12.1. The summed E-state index contributed by atoms with van der Waals surface area (Å²) >= 11 is 0. The van der Waals surface area contributed by atoms with Crippen molar-refractivity contribution in [3.63, 3.8) is 0 Å². The summed E-state index contributed by atoms with van der Waals surface area (Å²) in [7, 11) is 0. The molecule has 2 N–H and O–H groups in total. The van der Waals surface area contributed by atoms with E-state index >= 15 is 0 Å². The molecule has 0 aliphatic rings. The predicted molar refractivity (Wildman–Crippen MR) is 139 cm³/mol. The van der Waals surface area contributed by atoms with E-state index in [1.54, 1.807) is 30.3 Å². The van der Waals surface area contributed by atoms with Crippen molar-refractivity contribution in [2.24, 2.45) is 0 Å². The molecule has 3 rings (SSSR count). The first-order chi connectivity index (χ1) is 17.3. The molecule has 0 spiro atoms. The summed E-state index contributed by atoms with van der Waals surface area (Å²) in [6, 6.07) is 20.5. The molecule has 6 nitrogen and oxygen atoms in total. The average Bonchev–Trinajstić information content (AvgIpc) is 2.87. The van der Waals surface area contributed by atoms with Crippen LogP contribution < -0.4 is 10.6 Å². The van der Waals surface area contributed by atoms with Crippen molar-refractivity contribution in [2.75, 3.05) is 18.4 Å². The van der Waals surface area contributed by atoms with Crippen LogP contribution in [0.4, 0.5) is 10.1 Å². The van der Waals surface area contributed by atoms with Gasteiger partial charge in [-0.05, 0) is 72.9 Å². The Balaban J connectivity index is 1.65. The maximum Gasteiger partial charge on any atom is 0.254 e. The molecular formula is C29H32FN3O3. The van der Waals surface area contributed by atoms with Crippen molar-refractivity contribution in [3.8, 4) is 0 Å². The molecule has 3 aromatic carbocycles. The summed E-state index contributed by atoms with van der Waals surface area (Å²) in [5.41, 5.74) is 3.95. The zero-order chi connectivity index (χ0) is 25.9. The van der Waals surface area contributed by atoms with Crippen LogP contribution in [-0.2, 0) is 22.6 Å². The lowest BCUT2D eigenvalue weighted by molar-refractivity contribution is -0.124. The number of amides is 3. The summed E-state index contributed by atoms with van der Waals surface area (Å²) in [5.74, 6) is -1.53. The van der Waals surface area contributed by atoms with Crippen LogP contribution in [0.25, 0.3) is 0 Å². The molecule has 0 fully saturated rings. The fourth-order valence-corrected chi connectivity index (χ4v) is 3.72. The van der Waals surface area contributed by atoms with Crippen LogP contribution in [0.3, 0.4) is 0 Å². The predicted octanol–water partition coefficient (Wildman–Crippen LogP) is 4.87. The highest BCUT2D eigenvalue weighted by Gasteiger charge is 2.20. The van der Waals surface area contributed by atoms with Crippen molar-refractivity contribution in [1.82, 2.24) is 10.2 Å². The normalized spacial score (nSPS) is 10.5. The number of carbonyl (C=O) groups is 3. The minimum absolute atomic E-state index is 0.125. The number of anilines is 1. The Labute approximate surface area is 211 Å². The Morgan fingerprint density at radius 1 is 0.889 bits per heavy atom. The molecule has 3 amide bonds. The van der Waals surface area contributed by atoms with Gasteiger partial charge in [-0.3, -0.25) is 14.4 Å². The molecule has 0 aliphatic heterocycles. The molecule has 0 saturated heterocycles. The van der Waals surface area contributed by atoms with E-state index in [-0.39, 0.29) is 37.3 Å². The van der Waals surface area contributed by atoms with E-state index in [0.29, 0.717) is 16.8 Å². The van der Waals surface area contributed by atoms with Crippen molar-refractivity contribution in [1.29, 1.82) is 0 Å². The Morgan fingerprint density at radius 2 is 1.58 bits per heavy atom. The summed E-state index contributed by atoms with van der Waals surface area (Å²) in [5, 5.41) is 5.31. The van der Waals surface area contributed by atoms with Crippen molar-refractivity contribution in [2.45, 2.75) is 39.7 Å². The highest BCUT2D eigenvalue weighted by molar-refractivity contribution is 5.98. The van der Waals surface area contributed by atoms with Crippen LogP contribution in [-0.4, -0.2) is 35.7 Å². The maximum atomic E-state index is 13.4. The van der Waals surface area contributed by atoms with Gasteiger partial charge in [-0.2, -0.15) is 0 Å². The van der Waals surface area contributed by atoms with E-state index in [2.05, 4.69) is 17.6 Å². The van der Waals surface area contributed by atoms with Crippen molar-refractivity contribution < 1.29 is 18.8 Å². The second-order valence-corrected chi connectivity index (χ2v) is 8.78. The smallest absolute Gasteiger partial charge is 0.254 e. The van der Waals surface area contributed by atoms with Crippen LogP contribution in [0.1, 0.15) is 46.8 Å². The number of hydrogen-bond donors (Lipinski definition) is 2. The van der Waals surface area contributed by atoms with E-state index in [9.17, 15) is 18.8 Å². The molecule has 0 aliphatic carbocycles. The number of carbonyl (C=O) groups excluding carboxylic acids is 3. The van der Waals surface area contributed by atoms with Crippen molar-refractivity contribution >= 4 is 23.4 Å². The highest BCUT2D eigenvalue weighted by atomic mass is 19.1. The van der Waals surface area contributed by atoms with Crippen LogP contribution in [0, 0.1) is 12.7 Å². The Hall–Kier alpha value is -4.00. The lowest BCUT2D eigenvalue weighted by Gasteiger charge is -2.23. The van der Waals surface area contributed by atoms with E-state index < -0.39 is 5.91 Å². The SMILES string of the molecule is CCCCc1ccc(C(=O)N(CC(=O)NCC(=O)Nc2cccc(C)c2)Cc2ccc(F)cc2)cc1. The second kappa shape index (κ2) is 13.2. The van der Waals surface area contributed by atoms with Crippen LogP contribution in [0.15, 0.2) is 72.8 Å². The van der Waals surface area contributed by atoms with Gasteiger partial charge in [0, 0.05) is 17.8 Å². The van der Waals surface area contributed by atoms with Gasteiger partial charge in [0.05, 0.1) is 6.54 Å². The topological polar surface area (TPSA) is 78.5 Å². The number of rotatable bonds is 11.